The van der Waals surface area contributed by atoms with Crippen LogP contribution in [0.3, 0.4) is 0 Å². The molecule has 0 radical (unpaired) electrons. The van der Waals surface area contributed by atoms with Crippen molar-refractivity contribution in [3.63, 3.8) is 0 Å². The Labute approximate surface area is 252 Å². The van der Waals surface area contributed by atoms with E-state index >= 15 is 0 Å². The molecule has 192 valence electrons. The standard InChI is InChI=1S/C29H24Br3N5S/c30-19-6-4-18(5-7-19)26-24-3-1-2-16-36-25(17-33-22-12-8-20(31)9-13-22)35-37(29(24)36)27(26)28(38)34-23-14-10-21(32)11-15-23/h4-15,33H,1-3,16-17H2,(H,34,38). The summed E-state index contributed by atoms with van der Waals surface area (Å²) in [5, 5.41) is 12.2. The van der Waals surface area contributed by atoms with Crippen molar-refractivity contribution in [1.29, 1.82) is 0 Å². The molecule has 38 heavy (non-hydrogen) atoms. The van der Waals surface area contributed by atoms with E-state index < -0.39 is 0 Å². The van der Waals surface area contributed by atoms with Crippen molar-refractivity contribution in [3.8, 4) is 11.1 Å². The molecule has 6 rings (SSSR count). The Hall–Kier alpha value is -2.46. The van der Waals surface area contributed by atoms with E-state index in [2.05, 4.69) is 104 Å². The third-order valence-electron chi connectivity index (χ3n) is 6.81. The average Bonchev–Trinajstić information content (AvgIpc) is 3.32. The second kappa shape index (κ2) is 11.0. The molecular formula is C29H24Br3N5S. The number of nitrogens with zero attached hydrogens (tertiary/aromatic N) is 3. The van der Waals surface area contributed by atoms with Gasteiger partial charge in [0.25, 0.3) is 0 Å². The highest BCUT2D eigenvalue weighted by Crippen LogP contribution is 2.38. The van der Waals surface area contributed by atoms with Crippen LogP contribution in [-0.4, -0.2) is 19.2 Å². The Morgan fingerprint density at radius 2 is 1.42 bits per heavy atom. The van der Waals surface area contributed by atoms with Gasteiger partial charge in [0.2, 0.25) is 0 Å². The van der Waals surface area contributed by atoms with Crippen molar-refractivity contribution in [2.45, 2.75) is 32.4 Å². The minimum Gasteiger partial charge on any atom is -0.378 e. The van der Waals surface area contributed by atoms with Crippen LogP contribution in [0, 0.1) is 0 Å². The lowest BCUT2D eigenvalue weighted by Gasteiger charge is -2.12. The van der Waals surface area contributed by atoms with E-state index in [1.807, 2.05) is 36.4 Å². The van der Waals surface area contributed by atoms with Gasteiger partial charge in [-0.05, 0) is 85.5 Å². The van der Waals surface area contributed by atoms with E-state index in [0.717, 1.165) is 78.9 Å². The Kier molecular flexibility index (Phi) is 7.44. The molecule has 5 aromatic rings. The van der Waals surface area contributed by atoms with Gasteiger partial charge >= 0.3 is 0 Å². The van der Waals surface area contributed by atoms with Crippen LogP contribution in [0.2, 0.25) is 0 Å². The fraction of sp³-hybridized carbons (Fsp3) is 0.172. The van der Waals surface area contributed by atoms with Crippen molar-refractivity contribution in [2.75, 3.05) is 10.6 Å². The van der Waals surface area contributed by atoms with Gasteiger partial charge in [0.15, 0.2) is 5.82 Å². The summed E-state index contributed by atoms with van der Waals surface area (Å²) in [7, 11) is 0. The summed E-state index contributed by atoms with van der Waals surface area (Å²) in [4.78, 5) is 0.657. The zero-order valence-corrected chi connectivity index (χ0v) is 25.9. The third-order valence-corrected chi connectivity index (χ3v) is 8.69. The van der Waals surface area contributed by atoms with Crippen LogP contribution in [0.5, 0.6) is 0 Å². The number of benzene rings is 3. The topological polar surface area (TPSA) is 46.3 Å². The predicted octanol–water partition coefficient (Wildman–Crippen LogP) is 8.83. The third kappa shape index (κ3) is 5.09. The first kappa shape index (κ1) is 25.8. The molecule has 0 spiro atoms. The van der Waals surface area contributed by atoms with Gasteiger partial charge in [-0.25, -0.2) is 4.52 Å². The number of halogens is 3. The zero-order valence-electron chi connectivity index (χ0n) is 20.3. The molecule has 5 nitrogen and oxygen atoms in total. The van der Waals surface area contributed by atoms with Crippen LogP contribution < -0.4 is 10.6 Å². The van der Waals surface area contributed by atoms with Gasteiger partial charge in [-0.15, -0.1) is 0 Å². The summed E-state index contributed by atoms with van der Waals surface area (Å²) in [5.74, 6) is 1.00. The lowest BCUT2D eigenvalue weighted by molar-refractivity contribution is 0.619. The van der Waals surface area contributed by atoms with Crippen LogP contribution in [0.15, 0.2) is 86.2 Å². The Morgan fingerprint density at radius 3 is 2.08 bits per heavy atom. The summed E-state index contributed by atoms with van der Waals surface area (Å²) >= 11 is 16.7. The highest BCUT2D eigenvalue weighted by molar-refractivity contribution is 9.11. The summed E-state index contributed by atoms with van der Waals surface area (Å²) in [6.07, 6.45) is 3.22. The molecule has 0 saturated heterocycles. The quantitative estimate of drug-likeness (QED) is 0.173. The second-order valence-corrected chi connectivity index (χ2v) is 12.4. The smallest absolute Gasteiger partial charge is 0.150 e. The van der Waals surface area contributed by atoms with Crippen LogP contribution in [-0.2, 0) is 19.5 Å². The second-order valence-electron chi connectivity index (χ2n) is 9.29. The largest absolute Gasteiger partial charge is 0.378 e. The summed E-state index contributed by atoms with van der Waals surface area (Å²) in [6, 6.07) is 24.8. The molecule has 0 bridgehead atoms. The van der Waals surface area contributed by atoms with Crippen LogP contribution in [0.1, 0.15) is 29.9 Å². The van der Waals surface area contributed by atoms with Crippen LogP contribution >= 0.6 is 60.0 Å². The Bertz CT molecular complexity index is 1620. The first-order chi connectivity index (χ1) is 18.5. The van der Waals surface area contributed by atoms with Crippen molar-refractivity contribution in [1.82, 2.24) is 14.2 Å². The molecule has 0 saturated carbocycles. The number of aryl methyl sites for hydroxylation is 2. The van der Waals surface area contributed by atoms with Gasteiger partial charge < -0.3 is 15.2 Å². The van der Waals surface area contributed by atoms with Crippen molar-refractivity contribution in [2.24, 2.45) is 0 Å². The molecule has 1 aliphatic heterocycles. The van der Waals surface area contributed by atoms with Gasteiger partial charge in [-0.2, -0.15) is 5.10 Å². The summed E-state index contributed by atoms with van der Waals surface area (Å²) in [6.45, 7) is 1.56. The maximum absolute atomic E-state index is 6.08. The number of anilines is 2. The molecule has 0 aliphatic carbocycles. The van der Waals surface area contributed by atoms with Gasteiger partial charge in [0.05, 0.1) is 6.54 Å². The predicted molar refractivity (Wildman–Crippen MR) is 170 cm³/mol. The highest BCUT2D eigenvalue weighted by Gasteiger charge is 2.29. The van der Waals surface area contributed by atoms with Crippen LogP contribution in [0.25, 0.3) is 16.8 Å². The average molecular weight is 714 g/mol. The maximum Gasteiger partial charge on any atom is 0.150 e. The number of rotatable bonds is 6. The van der Waals surface area contributed by atoms with Crippen molar-refractivity contribution < 1.29 is 0 Å². The number of nitrogens with one attached hydrogen (secondary N) is 2. The molecular weight excluding hydrogens is 690 g/mol. The molecule has 9 heteroatoms. The molecule has 2 aromatic heterocycles. The first-order valence-corrected chi connectivity index (χ1v) is 15.2. The fourth-order valence-corrected chi connectivity index (χ4v) is 6.14. The van der Waals surface area contributed by atoms with Gasteiger partial charge in [0.1, 0.15) is 16.3 Å². The van der Waals surface area contributed by atoms with Gasteiger partial charge in [-0.1, -0.05) is 72.1 Å². The lowest BCUT2D eigenvalue weighted by atomic mass is 9.98. The van der Waals surface area contributed by atoms with E-state index in [9.17, 15) is 0 Å². The van der Waals surface area contributed by atoms with E-state index in [1.54, 1.807) is 0 Å². The van der Waals surface area contributed by atoms with Gasteiger partial charge in [-0.3, -0.25) is 0 Å². The zero-order chi connectivity index (χ0) is 26.2. The number of aromatic nitrogens is 3. The molecule has 0 fully saturated rings. The van der Waals surface area contributed by atoms with Crippen molar-refractivity contribution >= 4 is 82.0 Å². The fourth-order valence-electron chi connectivity index (χ4n) is 5.04. The minimum atomic E-state index is 0.628. The van der Waals surface area contributed by atoms with E-state index in [-0.39, 0.29) is 0 Å². The first-order valence-electron chi connectivity index (χ1n) is 12.4. The molecule has 3 aromatic carbocycles. The van der Waals surface area contributed by atoms with Crippen molar-refractivity contribution in [3.05, 3.63) is 103 Å². The highest BCUT2D eigenvalue weighted by atomic mass is 79.9. The Morgan fingerprint density at radius 1 is 0.816 bits per heavy atom. The summed E-state index contributed by atoms with van der Waals surface area (Å²) < 4.78 is 7.59. The van der Waals surface area contributed by atoms with Gasteiger partial charge in [0, 0.05) is 42.5 Å². The molecule has 1 aliphatic rings. The number of thiocarbonyl (C=S) groups is 1. The van der Waals surface area contributed by atoms with E-state index in [1.165, 1.54) is 5.56 Å². The number of hydrogen-bond donors (Lipinski definition) is 2. The molecule has 0 unspecified atom stereocenters. The normalized spacial score (nSPS) is 12.9. The minimum absolute atomic E-state index is 0.628. The lowest BCUT2D eigenvalue weighted by Crippen LogP contribution is -2.15. The molecule has 0 amide bonds. The van der Waals surface area contributed by atoms with E-state index in [0.29, 0.717) is 11.5 Å². The monoisotopic (exact) mass is 711 g/mol. The number of hydrogen-bond acceptors (Lipinski definition) is 3. The molecule has 2 N–H and O–H groups in total. The van der Waals surface area contributed by atoms with Crippen LogP contribution in [0.4, 0.5) is 11.4 Å². The summed E-state index contributed by atoms with van der Waals surface area (Å²) in [5.41, 5.74) is 7.70. The molecule has 0 atom stereocenters. The Balaban J connectivity index is 1.48. The SMILES string of the molecule is S=C(Nc1ccc(Br)cc1)c1c(-c2ccc(Br)cc2)c2c3n(c(CNc4ccc(Br)cc4)nn13)CCCC2. The maximum atomic E-state index is 6.08. The molecule has 3 heterocycles. The van der Waals surface area contributed by atoms with E-state index in [4.69, 9.17) is 17.3 Å².